The summed E-state index contributed by atoms with van der Waals surface area (Å²) in [6, 6.07) is 15.6. The molecule has 0 aromatic heterocycles. The lowest BCUT2D eigenvalue weighted by molar-refractivity contribution is -0.0290. The SMILES string of the molecule is COc1ccc2c(c1)[C@H](OC)C1(CCN[C@H](Cc3ccc(Br)cc3)C1)C2. The fourth-order valence-corrected chi connectivity index (χ4v) is 5.19. The van der Waals surface area contributed by atoms with Gasteiger partial charge >= 0.3 is 0 Å². The number of piperidine rings is 1. The Hall–Kier alpha value is -1.36. The standard InChI is InChI=1S/C22H26BrNO2/c1-25-19-8-5-16-13-22(21(26-2)20(16)12-19)9-10-24-18(14-22)11-15-3-6-17(23)7-4-15/h3-8,12,18,21,24H,9-11,13-14H2,1-2H3/t18-,21+,22?/m1/s1. The molecule has 1 heterocycles. The van der Waals surface area contributed by atoms with Gasteiger partial charge in [0.15, 0.2) is 0 Å². The van der Waals surface area contributed by atoms with Crippen LogP contribution in [0, 0.1) is 5.41 Å². The van der Waals surface area contributed by atoms with Gasteiger partial charge < -0.3 is 14.8 Å². The Kier molecular flexibility index (Phi) is 5.09. The second-order valence-electron chi connectivity index (χ2n) is 7.66. The smallest absolute Gasteiger partial charge is 0.119 e. The monoisotopic (exact) mass is 415 g/mol. The number of hydrogen-bond acceptors (Lipinski definition) is 3. The maximum Gasteiger partial charge on any atom is 0.119 e. The first kappa shape index (κ1) is 18.0. The first-order chi connectivity index (χ1) is 12.6. The van der Waals surface area contributed by atoms with E-state index in [1.807, 2.05) is 7.11 Å². The van der Waals surface area contributed by atoms with E-state index >= 15 is 0 Å². The molecule has 0 saturated carbocycles. The number of fused-ring (bicyclic) bond motifs is 1. The summed E-state index contributed by atoms with van der Waals surface area (Å²) in [5.41, 5.74) is 4.31. The summed E-state index contributed by atoms with van der Waals surface area (Å²) in [7, 11) is 3.58. The second-order valence-corrected chi connectivity index (χ2v) is 8.57. The molecule has 3 atom stereocenters. The van der Waals surface area contributed by atoms with Crippen LogP contribution >= 0.6 is 15.9 Å². The Morgan fingerprint density at radius 1 is 1.15 bits per heavy atom. The van der Waals surface area contributed by atoms with Crippen LogP contribution in [0.2, 0.25) is 0 Å². The summed E-state index contributed by atoms with van der Waals surface area (Å²) in [5, 5.41) is 3.74. The summed E-state index contributed by atoms with van der Waals surface area (Å²) in [6.07, 6.45) is 4.61. The normalized spacial score (nSPS) is 27.5. The van der Waals surface area contributed by atoms with Gasteiger partial charge in [-0.2, -0.15) is 0 Å². The lowest BCUT2D eigenvalue weighted by Crippen LogP contribution is -2.47. The number of hydrogen-bond donors (Lipinski definition) is 1. The van der Waals surface area contributed by atoms with Crippen molar-refractivity contribution >= 4 is 15.9 Å². The van der Waals surface area contributed by atoms with E-state index in [4.69, 9.17) is 9.47 Å². The molecule has 0 radical (unpaired) electrons. The van der Waals surface area contributed by atoms with Crippen molar-refractivity contribution in [3.8, 4) is 5.75 Å². The molecule has 4 heteroatoms. The van der Waals surface area contributed by atoms with Gasteiger partial charge in [0.2, 0.25) is 0 Å². The first-order valence-corrected chi connectivity index (χ1v) is 10.1. The van der Waals surface area contributed by atoms with Crippen LogP contribution in [0.4, 0.5) is 0 Å². The van der Waals surface area contributed by atoms with E-state index in [1.54, 1.807) is 7.11 Å². The molecule has 1 aliphatic carbocycles. The maximum atomic E-state index is 6.06. The van der Waals surface area contributed by atoms with Crippen LogP contribution in [-0.4, -0.2) is 26.8 Å². The highest BCUT2D eigenvalue weighted by Crippen LogP contribution is 2.54. The summed E-state index contributed by atoms with van der Waals surface area (Å²) >= 11 is 3.52. The summed E-state index contributed by atoms with van der Waals surface area (Å²) < 4.78 is 12.6. The minimum absolute atomic E-state index is 0.155. The van der Waals surface area contributed by atoms with E-state index < -0.39 is 0 Å². The Labute approximate surface area is 164 Å². The van der Waals surface area contributed by atoms with Gasteiger partial charge in [0.1, 0.15) is 5.75 Å². The molecule has 1 saturated heterocycles. The molecule has 1 fully saturated rings. The van der Waals surface area contributed by atoms with E-state index in [-0.39, 0.29) is 11.5 Å². The number of ether oxygens (including phenoxy) is 2. The van der Waals surface area contributed by atoms with Gasteiger partial charge in [0.25, 0.3) is 0 Å². The van der Waals surface area contributed by atoms with Crippen molar-refractivity contribution in [3.63, 3.8) is 0 Å². The summed E-state index contributed by atoms with van der Waals surface area (Å²) in [4.78, 5) is 0. The molecule has 1 N–H and O–H groups in total. The van der Waals surface area contributed by atoms with Crippen LogP contribution in [0.5, 0.6) is 5.75 Å². The van der Waals surface area contributed by atoms with Crippen molar-refractivity contribution in [2.75, 3.05) is 20.8 Å². The van der Waals surface area contributed by atoms with E-state index in [1.165, 1.54) is 16.7 Å². The molecule has 2 aromatic carbocycles. The molecular weight excluding hydrogens is 390 g/mol. The van der Waals surface area contributed by atoms with Crippen LogP contribution in [-0.2, 0) is 17.6 Å². The van der Waals surface area contributed by atoms with Gasteiger partial charge in [-0.1, -0.05) is 34.1 Å². The van der Waals surface area contributed by atoms with Gasteiger partial charge in [0.05, 0.1) is 13.2 Å². The lowest BCUT2D eigenvalue weighted by Gasteiger charge is -2.42. The molecular formula is C22H26BrNO2. The molecule has 138 valence electrons. The number of rotatable bonds is 4. The molecule has 1 aliphatic heterocycles. The quantitative estimate of drug-likeness (QED) is 0.785. The van der Waals surface area contributed by atoms with E-state index in [2.05, 4.69) is 63.7 Å². The van der Waals surface area contributed by atoms with Crippen molar-refractivity contribution in [1.29, 1.82) is 0 Å². The predicted molar refractivity (Wildman–Crippen MR) is 108 cm³/mol. The Bertz CT molecular complexity index is 776. The van der Waals surface area contributed by atoms with E-state index in [0.717, 1.165) is 42.5 Å². The van der Waals surface area contributed by atoms with E-state index in [0.29, 0.717) is 6.04 Å². The van der Waals surface area contributed by atoms with Crippen LogP contribution in [0.1, 0.15) is 35.6 Å². The van der Waals surface area contributed by atoms with Gasteiger partial charge in [-0.15, -0.1) is 0 Å². The van der Waals surface area contributed by atoms with E-state index in [9.17, 15) is 0 Å². The highest BCUT2D eigenvalue weighted by Gasteiger charge is 2.49. The van der Waals surface area contributed by atoms with Crippen molar-refractivity contribution in [2.45, 2.75) is 37.8 Å². The molecule has 26 heavy (non-hydrogen) atoms. The van der Waals surface area contributed by atoms with Gasteiger partial charge in [-0.3, -0.25) is 0 Å². The lowest BCUT2D eigenvalue weighted by atomic mass is 9.71. The van der Waals surface area contributed by atoms with Crippen molar-refractivity contribution in [1.82, 2.24) is 5.32 Å². The molecule has 2 aliphatic rings. The molecule has 1 spiro atoms. The molecule has 2 aromatic rings. The van der Waals surface area contributed by atoms with Crippen molar-refractivity contribution in [2.24, 2.45) is 5.41 Å². The molecule has 1 unspecified atom stereocenters. The summed E-state index contributed by atoms with van der Waals surface area (Å²) in [5.74, 6) is 0.920. The fourth-order valence-electron chi connectivity index (χ4n) is 4.92. The van der Waals surface area contributed by atoms with Crippen molar-refractivity contribution in [3.05, 3.63) is 63.6 Å². The highest BCUT2D eigenvalue weighted by atomic mass is 79.9. The number of nitrogens with one attached hydrogen (secondary N) is 1. The fraction of sp³-hybridized carbons (Fsp3) is 0.455. The third kappa shape index (κ3) is 3.30. The van der Waals surface area contributed by atoms with Crippen molar-refractivity contribution < 1.29 is 9.47 Å². The zero-order valence-electron chi connectivity index (χ0n) is 15.4. The Morgan fingerprint density at radius 2 is 1.96 bits per heavy atom. The van der Waals surface area contributed by atoms with Gasteiger partial charge in [-0.25, -0.2) is 0 Å². The zero-order valence-corrected chi connectivity index (χ0v) is 17.0. The highest BCUT2D eigenvalue weighted by molar-refractivity contribution is 9.10. The van der Waals surface area contributed by atoms with Gasteiger partial charge in [0, 0.05) is 23.0 Å². The number of benzene rings is 2. The maximum absolute atomic E-state index is 6.06. The third-order valence-electron chi connectivity index (χ3n) is 6.07. The number of halogens is 1. The molecule has 3 nitrogen and oxygen atoms in total. The third-order valence-corrected chi connectivity index (χ3v) is 6.60. The number of methoxy groups -OCH3 is 2. The molecule has 0 amide bonds. The van der Waals surface area contributed by atoms with Crippen LogP contribution in [0.25, 0.3) is 0 Å². The topological polar surface area (TPSA) is 30.5 Å². The van der Waals surface area contributed by atoms with Crippen LogP contribution in [0.3, 0.4) is 0 Å². The van der Waals surface area contributed by atoms with Crippen LogP contribution < -0.4 is 10.1 Å². The predicted octanol–water partition coefficient (Wildman–Crippen LogP) is 4.68. The average Bonchev–Trinajstić information content (AvgIpc) is 2.94. The second kappa shape index (κ2) is 7.34. The minimum Gasteiger partial charge on any atom is -0.497 e. The zero-order chi connectivity index (χ0) is 18.1. The minimum atomic E-state index is 0.155. The Balaban J connectivity index is 1.56. The molecule has 4 rings (SSSR count). The first-order valence-electron chi connectivity index (χ1n) is 9.31. The van der Waals surface area contributed by atoms with Gasteiger partial charge in [-0.05, 0) is 73.2 Å². The molecule has 0 bridgehead atoms. The largest absolute Gasteiger partial charge is 0.497 e. The summed E-state index contributed by atoms with van der Waals surface area (Å²) in [6.45, 7) is 1.05. The average molecular weight is 416 g/mol. The Morgan fingerprint density at radius 3 is 2.69 bits per heavy atom. The van der Waals surface area contributed by atoms with Crippen LogP contribution in [0.15, 0.2) is 46.9 Å².